The Morgan fingerprint density at radius 2 is 2.31 bits per heavy atom. The fourth-order valence-electron chi connectivity index (χ4n) is 1.08. The third-order valence-electron chi connectivity index (χ3n) is 1.89. The minimum absolute atomic E-state index is 0.0349. The average molecular weight is 232 g/mol. The van der Waals surface area contributed by atoms with E-state index in [0.717, 1.165) is 13.2 Å². The van der Waals surface area contributed by atoms with Gasteiger partial charge in [-0.2, -0.15) is 0 Å². The van der Waals surface area contributed by atoms with Gasteiger partial charge in [-0.15, -0.1) is 0 Å². The van der Waals surface area contributed by atoms with E-state index in [1.807, 2.05) is 0 Å². The minimum atomic E-state index is -2.93. The number of nitrogens with two attached hydrogens (primary N) is 1. The highest BCUT2D eigenvalue weighted by Gasteiger charge is 2.19. The van der Waals surface area contributed by atoms with Gasteiger partial charge in [-0.05, 0) is 0 Å². The van der Waals surface area contributed by atoms with Gasteiger partial charge in [0.15, 0.2) is 0 Å². The first-order chi connectivity index (χ1) is 7.45. The highest BCUT2D eigenvalue weighted by molar-refractivity contribution is 5.74. The van der Waals surface area contributed by atoms with Crippen molar-refractivity contribution in [3.8, 4) is 5.75 Å². The van der Waals surface area contributed by atoms with Crippen LogP contribution in [0.2, 0.25) is 0 Å². The van der Waals surface area contributed by atoms with Gasteiger partial charge in [-0.25, -0.2) is 13.8 Å². The van der Waals surface area contributed by atoms with Gasteiger partial charge in [0.2, 0.25) is 0 Å². The molecule has 0 unspecified atom stereocenters. The van der Waals surface area contributed by atoms with Gasteiger partial charge in [-0.1, -0.05) is 0 Å². The zero-order valence-corrected chi connectivity index (χ0v) is 8.41. The van der Waals surface area contributed by atoms with Crippen LogP contribution >= 0.6 is 0 Å². The molecule has 0 atom stereocenters. The lowest BCUT2D eigenvalue weighted by atomic mass is 10.2. The summed E-state index contributed by atoms with van der Waals surface area (Å²) in [6, 6.07) is 0.937. The largest absolute Gasteiger partial charge is 0.506 e. The maximum absolute atomic E-state index is 12.4. The Morgan fingerprint density at radius 1 is 1.69 bits per heavy atom. The summed E-state index contributed by atoms with van der Waals surface area (Å²) in [7, 11) is 1.16. The maximum Gasteiger partial charge on any atom is 0.311 e. The van der Waals surface area contributed by atoms with Crippen molar-refractivity contribution in [3.63, 3.8) is 0 Å². The molecule has 0 fully saturated rings. The van der Waals surface area contributed by atoms with Crippen molar-refractivity contribution in [2.75, 3.05) is 12.8 Å². The Bertz CT molecular complexity index is 410. The van der Waals surface area contributed by atoms with Crippen LogP contribution in [0.25, 0.3) is 0 Å². The van der Waals surface area contributed by atoms with Crippen molar-refractivity contribution in [1.82, 2.24) is 4.98 Å². The normalized spacial score (nSPS) is 10.5. The molecule has 0 aliphatic rings. The number of carbonyl (C=O) groups is 1. The molecule has 88 valence electrons. The number of rotatable bonds is 3. The predicted octanol–water partition coefficient (Wildman–Crippen LogP) is 1.02. The second-order valence-corrected chi connectivity index (χ2v) is 2.98. The Hall–Kier alpha value is -1.92. The predicted molar refractivity (Wildman–Crippen MR) is 51.0 cm³/mol. The van der Waals surface area contributed by atoms with Crippen LogP contribution in [-0.2, 0) is 16.0 Å². The lowest BCUT2D eigenvalue weighted by Crippen LogP contribution is -2.10. The van der Waals surface area contributed by atoms with Gasteiger partial charge in [0, 0.05) is 6.07 Å². The number of nitrogen functional groups attached to an aromatic ring is 1. The van der Waals surface area contributed by atoms with Gasteiger partial charge in [0.05, 0.1) is 24.9 Å². The Labute approximate surface area is 89.9 Å². The number of carbonyl (C=O) groups excluding carboxylic acids is 1. The molecular weight excluding hydrogens is 222 g/mol. The molecule has 0 bridgehead atoms. The molecule has 0 aliphatic heterocycles. The number of halogens is 2. The summed E-state index contributed by atoms with van der Waals surface area (Å²) >= 11 is 0. The molecule has 0 amide bonds. The first kappa shape index (κ1) is 12.2. The van der Waals surface area contributed by atoms with Crippen molar-refractivity contribution in [2.24, 2.45) is 0 Å². The van der Waals surface area contributed by atoms with E-state index in [0.29, 0.717) is 0 Å². The number of ether oxygens (including phenoxy) is 1. The summed E-state index contributed by atoms with van der Waals surface area (Å²) in [5.41, 5.74) is 4.54. The second kappa shape index (κ2) is 4.73. The number of hydrogen-bond acceptors (Lipinski definition) is 5. The summed E-state index contributed by atoms with van der Waals surface area (Å²) < 4.78 is 29.1. The standard InChI is InChI=1S/C9H10F2N2O3/c1-16-7(15)3-5-4(12)2-6(14)8(13-5)9(10)11/h2,9,14H,3,12H2,1H3. The molecule has 0 spiro atoms. The monoisotopic (exact) mass is 232 g/mol. The number of methoxy groups -OCH3 is 1. The van der Waals surface area contributed by atoms with Crippen LogP contribution in [-0.4, -0.2) is 23.2 Å². The molecule has 1 aromatic rings. The molecule has 0 saturated carbocycles. The van der Waals surface area contributed by atoms with E-state index in [1.165, 1.54) is 0 Å². The van der Waals surface area contributed by atoms with Crippen LogP contribution in [0.3, 0.4) is 0 Å². The fourth-order valence-corrected chi connectivity index (χ4v) is 1.08. The number of anilines is 1. The van der Waals surface area contributed by atoms with E-state index in [-0.39, 0.29) is 17.8 Å². The zero-order valence-electron chi connectivity index (χ0n) is 8.41. The number of esters is 1. The third kappa shape index (κ3) is 2.56. The molecule has 5 nitrogen and oxygen atoms in total. The van der Waals surface area contributed by atoms with Crippen molar-refractivity contribution in [1.29, 1.82) is 0 Å². The van der Waals surface area contributed by atoms with Crippen molar-refractivity contribution in [3.05, 3.63) is 17.5 Å². The highest BCUT2D eigenvalue weighted by atomic mass is 19.3. The quantitative estimate of drug-likeness (QED) is 0.760. The van der Waals surface area contributed by atoms with Crippen LogP contribution < -0.4 is 5.73 Å². The minimum Gasteiger partial charge on any atom is -0.506 e. The third-order valence-corrected chi connectivity index (χ3v) is 1.89. The molecule has 3 N–H and O–H groups in total. The summed E-state index contributed by atoms with van der Waals surface area (Å²) in [5, 5.41) is 9.14. The van der Waals surface area contributed by atoms with Gasteiger partial charge < -0.3 is 15.6 Å². The number of alkyl halides is 2. The summed E-state index contributed by atoms with van der Waals surface area (Å²) in [5.74, 6) is -1.34. The average Bonchev–Trinajstić information content (AvgIpc) is 2.21. The number of aromatic hydroxyl groups is 1. The molecule has 1 aromatic heterocycles. The number of pyridine rings is 1. The summed E-state index contributed by atoms with van der Waals surface area (Å²) in [4.78, 5) is 14.4. The lowest BCUT2D eigenvalue weighted by molar-refractivity contribution is -0.139. The number of nitrogens with zero attached hydrogens (tertiary/aromatic N) is 1. The second-order valence-electron chi connectivity index (χ2n) is 2.98. The smallest absolute Gasteiger partial charge is 0.311 e. The molecule has 7 heteroatoms. The van der Waals surface area contributed by atoms with Gasteiger partial charge in [0.25, 0.3) is 6.43 Å². The molecular formula is C9H10F2N2O3. The van der Waals surface area contributed by atoms with Crippen LogP contribution in [0.1, 0.15) is 17.8 Å². The Morgan fingerprint density at radius 3 is 2.81 bits per heavy atom. The number of hydrogen-bond donors (Lipinski definition) is 2. The topological polar surface area (TPSA) is 85.4 Å². The van der Waals surface area contributed by atoms with E-state index in [9.17, 15) is 13.6 Å². The zero-order chi connectivity index (χ0) is 12.3. The van der Waals surface area contributed by atoms with E-state index in [1.54, 1.807) is 0 Å². The maximum atomic E-state index is 12.4. The Kier molecular flexibility index (Phi) is 3.60. The van der Waals surface area contributed by atoms with Gasteiger partial charge >= 0.3 is 5.97 Å². The fraction of sp³-hybridized carbons (Fsp3) is 0.333. The first-order valence-corrected chi connectivity index (χ1v) is 4.29. The van der Waals surface area contributed by atoms with E-state index >= 15 is 0 Å². The van der Waals surface area contributed by atoms with E-state index in [4.69, 9.17) is 10.8 Å². The van der Waals surface area contributed by atoms with E-state index < -0.39 is 23.8 Å². The summed E-state index contributed by atoms with van der Waals surface area (Å²) in [6.07, 6.45) is -3.25. The van der Waals surface area contributed by atoms with Crippen LogP contribution in [0.5, 0.6) is 5.75 Å². The highest BCUT2D eigenvalue weighted by Crippen LogP contribution is 2.29. The molecule has 0 radical (unpaired) electrons. The van der Waals surface area contributed by atoms with Crippen LogP contribution in [0.4, 0.5) is 14.5 Å². The molecule has 0 aromatic carbocycles. The van der Waals surface area contributed by atoms with Crippen molar-refractivity contribution >= 4 is 11.7 Å². The molecule has 1 heterocycles. The van der Waals surface area contributed by atoms with Crippen LogP contribution in [0.15, 0.2) is 6.07 Å². The van der Waals surface area contributed by atoms with Gasteiger partial charge in [0.1, 0.15) is 11.4 Å². The lowest BCUT2D eigenvalue weighted by Gasteiger charge is -2.08. The van der Waals surface area contributed by atoms with Crippen molar-refractivity contribution in [2.45, 2.75) is 12.8 Å². The Balaban J connectivity index is 3.09. The number of aromatic nitrogens is 1. The first-order valence-electron chi connectivity index (χ1n) is 4.29. The van der Waals surface area contributed by atoms with Gasteiger partial charge in [-0.3, -0.25) is 4.79 Å². The molecule has 1 rings (SSSR count). The van der Waals surface area contributed by atoms with Crippen LogP contribution in [0, 0.1) is 0 Å². The molecule has 0 aliphatic carbocycles. The van der Waals surface area contributed by atoms with Crippen molar-refractivity contribution < 1.29 is 23.4 Å². The summed E-state index contributed by atoms with van der Waals surface area (Å²) in [6.45, 7) is 0. The van der Waals surface area contributed by atoms with E-state index in [2.05, 4.69) is 9.72 Å². The molecule has 0 saturated heterocycles. The SMILES string of the molecule is COC(=O)Cc1nc(C(F)F)c(O)cc1N. The molecule has 16 heavy (non-hydrogen) atoms.